The third-order valence-corrected chi connectivity index (χ3v) is 2.53. The van der Waals surface area contributed by atoms with Gasteiger partial charge in [-0.25, -0.2) is 4.98 Å². The van der Waals surface area contributed by atoms with Crippen molar-refractivity contribution < 1.29 is 4.92 Å². The van der Waals surface area contributed by atoms with Crippen LogP contribution in [0.5, 0.6) is 0 Å². The second kappa shape index (κ2) is 5.12. The summed E-state index contributed by atoms with van der Waals surface area (Å²) in [5, 5.41) is 14.1. The number of nitro groups is 1. The zero-order valence-corrected chi connectivity index (χ0v) is 10.8. The highest BCUT2D eigenvalue weighted by Gasteiger charge is 2.22. The Hall–Kier alpha value is -1.65. The van der Waals surface area contributed by atoms with Gasteiger partial charge in [-0.3, -0.25) is 10.1 Å². The summed E-state index contributed by atoms with van der Waals surface area (Å²) in [6, 6.07) is 1.54. The van der Waals surface area contributed by atoms with Crippen LogP contribution in [0.3, 0.4) is 0 Å². The summed E-state index contributed by atoms with van der Waals surface area (Å²) in [4.78, 5) is 14.7. The van der Waals surface area contributed by atoms with Gasteiger partial charge in [-0.2, -0.15) is 0 Å². The topological polar surface area (TPSA) is 68.1 Å². The number of pyridine rings is 1. The minimum atomic E-state index is -0.398. The normalized spacial score (nSPS) is 11.3. The fraction of sp³-hybridized carbons (Fsp3) is 0.583. The molecule has 0 unspecified atom stereocenters. The van der Waals surface area contributed by atoms with Gasteiger partial charge in [0.2, 0.25) is 5.82 Å². The Labute approximate surface area is 101 Å². The predicted molar refractivity (Wildman–Crippen MR) is 68.2 cm³/mol. The molecule has 0 bridgehead atoms. The van der Waals surface area contributed by atoms with Crippen LogP contribution in [0.4, 0.5) is 11.5 Å². The third kappa shape index (κ3) is 3.69. The monoisotopic (exact) mass is 237 g/mol. The lowest BCUT2D eigenvalue weighted by molar-refractivity contribution is -0.384. The van der Waals surface area contributed by atoms with Crippen LogP contribution in [-0.2, 0) is 0 Å². The number of aromatic nitrogens is 1. The Bertz CT molecular complexity index is 416. The van der Waals surface area contributed by atoms with Crippen LogP contribution in [-0.4, -0.2) is 15.4 Å². The molecular weight excluding hydrogens is 218 g/mol. The lowest BCUT2D eigenvalue weighted by Crippen LogP contribution is -2.31. The van der Waals surface area contributed by atoms with Gasteiger partial charge in [-0.05, 0) is 32.8 Å². The van der Waals surface area contributed by atoms with Crippen molar-refractivity contribution in [3.8, 4) is 0 Å². The third-order valence-electron chi connectivity index (χ3n) is 2.53. The van der Waals surface area contributed by atoms with Crippen molar-refractivity contribution in [1.82, 2.24) is 4.98 Å². The average Bonchev–Trinajstić information content (AvgIpc) is 2.20. The summed E-state index contributed by atoms with van der Waals surface area (Å²) in [6.45, 7) is 7.91. The van der Waals surface area contributed by atoms with Gasteiger partial charge in [0.15, 0.2) is 0 Å². The highest BCUT2D eigenvalue weighted by Crippen LogP contribution is 2.26. The van der Waals surface area contributed by atoms with E-state index < -0.39 is 4.92 Å². The first-order chi connectivity index (χ1) is 7.85. The van der Waals surface area contributed by atoms with Gasteiger partial charge in [0, 0.05) is 17.8 Å². The lowest BCUT2D eigenvalue weighted by Gasteiger charge is -2.26. The van der Waals surface area contributed by atoms with Crippen molar-refractivity contribution in [2.45, 2.75) is 46.1 Å². The molecule has 5 heteroatoms. The van der Waals surface area contributed by atoms with Crippen LogP contribution in [0.2, 0.25) is 0 Å². The van der Waals surface area contributed by atoms with Gasteiger partial charge in [0.25, 0.3) is 0 Å². The molecule has 17 heavy (non-hydrogen) atoms. The second-order valence-corrected chi connectivity index (χ2v) is 4.90. The van der Waals surface area contributed by atoms with E-state index in [0.717, 1.165) is 18.4 Å². The molecule has 0 aromatic carbocycles. The second-order valence-electron chi connectivity index (χ2n) is 4.90. The minimum absolute atomic E-state index is 0.0363. The van der Waals surface area contributed by atoms with E-state index in [4.69, 9.17) is 0 Å². The zero-order valence-electron chi connectivity index (χ0n) is 10.8. The average molecular weight is 237 g/mol. The summed E-state index contributed by atoms with van der Waals surface area (Å²) < 4.78 is 0. The molecule has 0 spiro atoms. The van der Waals surface area contributed by atoms with Crippen LogP contribution in [0.15, 0.2) is 12.3 Å². The van der Waals surface area contributed by atoms with Crippen molar-refractivity contribution >= 4 is 11.5 Å². The van der Waals surface area contributed by atoms with Gasteiger partial charge in [0.1, 0.15) is 0 Å². The number of nitrogens with one attached hydrogen (secondary N) is 1. The standard InChI is InChI=1S/C12H19N3O2/c1-5-6-12(3,4)14-11-10(15(16)17)7-9(2)8-13-11/h7-8H,5-6H2,1-4H3,(H,13,14). The van der Waals surface area contributed by atoms with E-state index in [1.807, 2.05) is 13.8 Å². The molecule has 0 saturated carbocycles. The smallest absolute Gasteiger partial charge is 0.311 e. The Balaban J connectivity index is 3.02. The number of anilines is 1. The summed E-state index contributed by atoms with van der Waals surface area (Å²) in [6.07, 6.45) is 3.58. The van der Waals surface area contributed by atoms with E-state index in [9.17, 15) is 10.1 Å². The van der Waals surface area contributed by atoms with E-state index in [1.165, 1.54) is 6.07 Å². The van der Waals surface area contributed by atoms with Crippen molar-refractivity contribution in [2.24, 2.45) is 0 Å². The zero-order chi connectivity index (χ0) is 13.1. The van der Waals surface area contributed by atoms with Crippen molar-refractivity contribution in [1.29, 1.82) is 0 Å². The summed E-state index contributed by atoms with van der Waals surface area (Å²) in [7, 11) is 0. The van der Waals surface area contributed by atoms with E-state index >= 15 is 0 Å². The van der Waals surface area contributed by atoms with Gasteiger partial charge in [-0.15, -0.1) is 0 Å². The van der Waals surface area contributed by atoms with Crippen molar-refractivity contribution in [3.05, 3.63) is 27.9 Å². The van der Waals surface area contributed by atoms with Crippen molar-refractivity contribution in [2.75, 3.05) is 5.32 Å². The molecule has 1 rings (SSSR count). The minimum Gasteiger partial charge on any atom is -0.359 e. The van der Waals surface area contributed by atoms with Crippen LogP contribution >= 0.6 is 0 Å². The number of aryl methyl sites for hydroxylation is 1. The Morgan fingerprint density at radius 3 is 2.71 bits per heavy atom. The largest absolute Gasteiger partial charge is 0.359 e. The Kier molecular flexibility index (Phi) is 4.04. The lowest BCUT2D eigenvalue weighted by atomic mass is 9.99. The SMILES string of the molecule is CCCC(C)(C)Nc1ncc(C)cc1[N+](=O)[O-]. The summed E-state index contributed by atoms with van der Waals surface area (Å²) in [5.41, 5.74) is 0.631. The summed E-state index contributed by atoms with van der Waals surface area (Å²) in [5.74, 6) is 0.346. The molecule has 0 radical (unpaired) electrons. The van der Waals surface area contributed by atoms with Crippen LogP contribution in [0, 0.1) is 17.0 Å². The maximum atomic E-state index is 10.9. The van der Waals surface area contributed by atoms with E-state index in [0.29, 0.717) is 5.82 Å². The quantitative estimate of drug-likeness (QED) is 0.630. The molecule has 1 N–H and O–H groups in total. The Morgan fingerprint density at radius 2 is 2.18 bits per heavy atom. The van der Waals surface area contributed by atoms with Gasteiger partial charge >= 0.3 is 5.69 Å². The molecule has 5 nitrogen and oxygen atoms in total. The molecule has 1 aromatic rings. The van der Waals surface area contributed by atoms with Gasteiger partial charge in [-0.1, -0.05) is 13.3 Å². The number of rotatable bonds is 5. The van der Waals surface area contributed by atoms with E-state index in [1.54, 1.807) is 13.1 Å². The van der Waals surface area contributed by atoms with Gasteiger partial charge in [0.05, 0.1) is 4.92 Å². The molecule has 0 amide bonds. The molecular formula is C12H19N3O2. The van der Waals surface area contributed by atoms with Crippen LogP contribution in [0.25, 0.3) is 0 Å². The predicted octanol–water partition coefficient (Wildman–Crippen LogP) is 3.29. The number of hydrogen-bond donors (Lipinski definition) is 1. The fourth-order valence-corrected chi connectivity index (χ4v) is 1.80. The van der Waals surface area contributed by atoms with E-state index in [2.05, 4.69) is 17.2 Å². The first kappa shape index (κ1) is 13.4. The molecule has 1 aromatic heterocycles. The highest BCUT2D eigenvalue weighted by atomic mass is 16.6. The highest BCUT2D eigenvalue weighted by molar-refractivity contribution is 5.57. The van der Waals surface area contributed by atoms with Crippen LogP contribution < -0.4 is 5.32 Å². The summed E-state index contributed by atoms with van der Waals surface area (Å²) >= 11 is 0. The molecule has 0 aliphatic carbocycles. The maximum absolute atomic E-state index is 10.9. The maximum Gasteiger partial charge on any atom is 0.311 e. The van der Waals surface area contributed by atoms with Crippen molar-refractivity contribution in [3.63, 3.8) is 0 Å². The number of nitrogens with zero attached hydrogens (tertiary/aromatic N) is 2. The number of hydrogen-bond acceptors (Lipinski definition) is 4. The molecule has 1 heterocycles. The molecule has 94 valence electrons. The van der Waals surface area contributed by atoms with Crippen LogP contribution in [0.1, 0.15) is 39.2 Å². The molecule has 0 fully saturated rings. The first-order valence-corrected chi connectivity index (χ1v) is 5.75. The molecule has 0 aliphatic heterocycles. The molecule has 0 saturated heterocycles. The van der Waals surface area contributed by atoms with E-state index in [-0.39, 0.29) is 11.2 Å². The molecule has 0 atom stereocenters. The first-order valence-electron chi connectivity index (χ1n) is 5.75. The fourth-order valence-electron chi connectivity index (χ4n) is 1.80. The molecule has 0 aliphatic rings. The van der Waals surface area contributed by atoms with Gasteiger partial charge < -0.3 is 5.32 Å². The Morgan fingerprint density at radius 1 is 1.53 bits per heavy atom.